The number of azo groups is 2. The standard InChI is InChI=1S/C40H34N8O2/c1-49-37-27-31(23-25-35(37)43-47-39(29-15-7-3-8-16-29)45-41-33-19-11-5-12-20-33)32-24-26-36(38(28-32)50-2)44-48-40(30-17-9-4-10-18-30)46-42-34-21-13-6-14-22-34/h3-28,41-42H,1-2H3/b45-39-,46-40-,47-43+,48-44+. The lowest BCUT2D eigenvalue weighted by Gasteiger charge is -2.10. The largest absolute Gasteiger partial charge is 0.494 e. The Morgan fingerprint density at radius 2 is 0.800 bits per heavy atom. The van der Waals surface area contributed by atoms with E-state index in [2.05, 4.69) is 41.5 Å². The second-order valence-electron chi connectivity index (χ2n) is 10.7. The number of nitrogens with zero attached hydrogens (tertiary/aromatic N) is 6. The minimum Gasteiger partial charge on any atom is -0.494 e. The van der Waals surface area contributed by atoms with Gasteiger partial charge in [-0.3, -0.25) is 10.9 Å². The van der Waals surface area contributed by atoms with Crippen LogP contribution in [0.5, 0.6) is 11.5 Å². The average molecular weight is 659 g/mol. The Kier molecular flexibility index (Phi) is 11.0. The molecule has 0 saturated heterocycles. The smallest absolute Gasteiger partial charge is 0.201 e. The van der Waals surface area contributed by atoms with Crippen LogP contribution in [-0.4, -0.2) is 25.9 Å². The van der Waals surface area contributed by atoms with Crippen LogP contribution in [-0.2, 0) is 0 Å². The SMILES string of the molecule is COc1cc(-c2ccc(/N=N/C(=N\Nc3ccccc3)c3ccccc3)c(OC)c2)ccc1/N=N/C(=N\Nc1ccccc1)c1ccccc1. The summed E-state index contributed by atoms with van der Waals surface area (Å²) in [6, 6.07) is 50.1. The molecule has 0 spiro atoms. The molecule has 0 bridgehead atoms. The van der Waals surface area contributed by atoms with Crippen LogP contribution >= 0.6 is 0 Å². The van der Waals surface area contributed by atoms with E-state index in [0.29, 0.717) is 34.5 Å². The number of amidine groups is 2. The van der Waals surface area contributed by atoms with Gasteiger partial charge in [0.2, 0.25) is 11.7 Å². The maximum Gasteiger partial charge on any atom is 0.201 e. The van der Waals surface area contributed by atoms with Gasteiger partial charge in [0, 0.05) is 11.1 Å². The van der Waals surface area contributed by atoms with Gasteiger partial charge in [-0.05, 0) is 59.7 Å². The summed E-state index contributed by atoms with van der Waals surface area (Å²) >= 11 is 0. The Bertz CT molecular complexity index is 1970. The summed E-state index contributed by atoms with van der Waals surface area (Å²) in [5.41, 5.74) is 12.3. The Morgan fingerprint density at radius 3 is 1.16 bits per heavy atom. The molecule has 0 aromatic heterocycles. The first-order valence-corrected chi connectivity index (χ1v) is 15.8. The maximum absolute atomic E-state index is 5.72. The fourth-order valence-corrected chi connectivity index (χ4v) is 4.81. The number of benzene rings is 6. The molecule has 0 amide bonds. The summed E-state index contributed by atoms with van der Waals surface area (Å²) in [6.45, 7) is 0. The summed E-state index contributed by atoms with van der Waals surface area (Å²) in [5, 5.41) is 27.0. The molecule has 6 aromatic rings. The summed E-state index contributed by atoms with van der Waals surface area (Å²) in [7, 11) is 3.20. The second-order valence-corrected chi connectivity index (χ2v) is 10.7. The van der Waals surface area contributed by atoms with Gasteiger partial charge >= 0.3 is 0 Å². The van der Waals surface area contributed by atoms with Crippen molar-refractivity contribution in [3.63, 3.8) is 0 Å². The third-order valence-electron chi connectivity index (χ3n) is 7.39. The van der Waals surface area contributed by atoms with E-state index in [0.717, 1.165) is 33.6 Å². The fourth-order valence-electron chi connectivity index (χ4n) is 4.81. The van der Waals surface area contributed by atoms with Gasteiger partial charge in [-0.25, -0.2) is 0 Å². The van der Waals surface area contributed by atoms with Gasteiger partial charge in [0.15, 0.2) is 0 Å². The van der Waals surface area contributed by atoms with Gasteiger partial charge < -0.3 is 9.47 Å². The summed E-state index contributed by atoms with van der Waals surface area (Å²) in [4.78, 5) is 0. The summed E-state index contributed by atoms with van der Waals surface area (Å²) in [6.07, 6.45) is 0. The van der Waals surface area contributed by atoms with Crippen LogP contribution in [0.25, 0.3) is 11.1 Å². The molecule has 0 saturated carbocycles. The van der Waals surface area contributed by atoms with Gasteiger partial charge in [0.05, 0.1) is 25.6 Å². The normalized spacial score (nSPS) is 11.9. The first-order chi connectivity index (χ1) is 24.7. The topological polar surface area (TPSA) is 117 Å². The molecular formula is C40H34N8O2. The molecule has 0 aliphatic rings. The van der Waals surface area contributed by atoms with Crippen LogP contribution in [0.4, 0.5) is 22.7 Å². The number of anilines is 2. The number of nitrogens with one attached hydrogen (secondary N) is 2. The van der Waals surface area contributed by atoms with Crippen LogP contribution in [0.2, 0.25) is 0 Å². The molecule has 0 unspecified atom stereocenters. The van der Waals surface area contributed by atoms with E-state index >= 15 is 0 Å². The number of hydrogen-bond donors (Lipinski definition) is 2. The molecule has 2 N–H and O–H groups in total. The zero-order valence-corrected chi connectivity index (χ0v) is 27.5. The molecule has 246 valence electrons. The molecule has 10 nitrogen and oxygen atoms in total. The van der Waals surface area contributed by atoms with Crippen LogP contribution in [0, 0.1) is 0 Å². The zero-order valence-electron chi connectivity index (χ0n) is 27.5. The van der Waals surface area contributed by atoms with E-state index in [1.54, 1.807) is 14.2 Å². The van der Waals surface area contributed by atoms with Crippen LogP contribution in [0.15, 0.2) is 188 Å². The lowest BCUT2D eigenvalue weighted by molar-refractivity contribution is 0.415. The average Bonchev–Trinajstić information content (AvgIpc) is 3.19. The van der Waals surface area contributed by atoms with Crippen LogP contribution in [0.3, 0.4) is 0 Å². The molecule has 50 heavy (non-hydrogen) atoms. The van der Waals surface area contributed by atoms with Gasteiger partial charge in [-0.15, -0.1) is 20.5 Å². The highest BCUT2D eigenvalue weighted by atomic mass is 16.5. The number of rotatable bonds is 11. The first-order valence-electron chi connectivity index (χ1n) is 15.8. The quantitative estimate of drug-likeness (QED) is 0.0623. The Balaban J connectivity index is 1.24. The molecule has 0 aliphatic carbocycles. The molecule has 0 fully saturated rings. The minimum absolute atomic E-state index is 0.423. The first kappa shape index (κ1) is 33.0. The number of para-hydroxylation sites is 2. The third-order valence-corrected chi connectivity index (χ3v) is 7.39. The van der Waals surface area contributed by atoms with Crippen molar-refractivity contribution >= 4 is 34.4 Å². The van der Waals surface area contributed by atoms with E-state index in [1.807, 2.05) is 158 Å². The van der Waals surface area contributed by atoms with E-state index in [1.165, 1.54) is 0 Å². The lowest BCUT2D eigenvalue weighted by atomic mass is 10.0. The highest BCUT2D eigenvalue weighted by molar-refractivity contribution is 6.00. The molecule has 6 aromatic carbocycles. The van der Waals surface area contributed by atoms with E-state index in [4.69, 9.17) is 9.47 Å². The summed E-state index contributed by atoms with van der Waals surface area (Å²) in [5.74, 6) is 1.94. The zero-order chi connectivity index (χ0) is 34.4. The highest BCUT2D eigenvalue weighted by Crippen LogP contribution is 2.37. The lowest BCUT2D eigenvalue weighted by Crippen LogP contribution is -2.01. The van der Waals surface area contributed by atoms with Crippen molar-refractivity contribution in [2.24, 2.45) is 30.7 Å². The Hall–Kier alpha value is -6.94. The molecule has 0 heterocycles. The molecule has 10 heteroatoms. The van der Waals surface area contributed by atoms with Crippen molar-refractivity contribution in [2.45, 2.75) is 0 Å². The fraction of sp³-hybridized carbons (Fsp3) is 0.0500. The molecule has 0 radical (unpaired) electrons. The van der Waals surface area contributed by atoms with Gasteiger partial charge in [0.25, 0.3) is 0 Å². The molecule has 6 rings (SSSR count). The summed E-state index contributed by atoms with van der Waals surface area (Å²) < 4.78 is 11.4. The minimum atomic E-state index is 0.423. The van der Waals surface area contributed by atoms with E-state index in [-0.39, 0.29) is 0 Å². The number of hydrogen-bond acceptors (Lipinski definition) is 8. The predicted octanol–water partition coefficient (Wildman–Crippen LogP) is 10.5. The van der Waals surface area contributed by atoms with Crippen molar-refractivity contribution in [2.75, 3.05) is 25.1 Å². The molecule has 0 atom stereocenters. The van der Waals surface area contributed by atoms with Crippen molar-refractivity contribution < 1.29 is 9.47 Å². The second kappa shape index (κ2) is 16.8. The van der Waals surface area contributed by atoms with Crippen molar-refractivity contribution in [3.8, 4) is 22.6 Å². The Labute approximate surface area is 290 Å². The third kappa shape index (κ3) is 8.69. The number of ether oxygens (including phenoxy) is 2. The highest BCUT2D eigenvalue weighted by Gasteiger charge is 2.11. The molecular weight excluding hydrogens is 624 g/mol. The van der Waals surface area contributed by atoms with Crippen molar-refractivity contribution in [1.82, 2.24) is 0 Å². The van der Waals surface area contributed by atoms with Crippen molar-refractivity contribution in [1.29, 1.82) is 0 Å². The van der Waals surface area contributed by atoms with Gasteiger partial charge in [0.1, 0.15) is 22.9 Å². The van der Waals surface area contributed by atoms with Crippen LogP contribution < -0.4 is 20.3 Å². The molecule has 0 aliphatic heterocycles. The number of hydrazone groups is 2. The van der Waals surface area contributed by atoms with Gasteiger partial charge in [-0.1, -0.05) is 109 Å². The monoisotopic (exact) mass is 658 g/mol. The predicted molar refractivity (Wildman–Crippen MR) is 200 cm³/mol. The van der Waals surface area contributed by atoms with E-state index < -0.39 is 0 Å². The van der Waals surface area contributed by atoms with Gasteiger partial charge in [-0.2, -0.15) is 10.2 Å². The number of methoxy groups -OCH3 is 2. The Morgan fingerprint density at radius 1 is 0.440 bits per heavy atom. The van der Waals surface area contributed by atoms with Crippen LogP contribution in [0.1, 0.15) is 11.1 Å². The maximum atomic E-state index is 5.72. The van der Waals surface area contributed by atoms with Crippen molar-refractivity contribution in [3.05, 3.63) is 169 Å². The van der Waals surface area contributed by atoms with E-state index in [9.17, 15) is 0 Å².